The first-order chi connectivity index (χ1) is 12.3. The molecule has 6 heteroatoms. The second-order valence-electron chi connectivity index (χ2n) is 7.67. The first-order valence-electron chi connectivity index (χ1n) is 8.62. The number of hydrogen-bond acceptors (Lipinski definition) is 3. The van der Waals surface area contributed by atoms with Crippen molar-refractivity contribution >= 4 is 34.8 Å². The molecule has 2 aliphatic rings. The van der Waals surface area contributed by atoms with Gasteiger partial charge in [0, 0.05) is 29.2 Å². The van der Waals surface area contributed by atoms with Crippen LogP contribution in [0, 0.1) is 5.41 Å². The summed E-state index contributed by atoms with van der Waals surface area (Å²) in [6, 6.07) is 9.62. The van der Waals surface area contributed by atoms with Crippen molar-refractivity contribution in [3.63, 3.8) is 0 Å². The van der Waals surface area contributed by atoms with E-state index in [0.717, 1.165) is 35.2 Å². The van der Waals surface area contributed by atoms with Crippen LogP contribution in [0.25, 0.3) is 11.3 Å². The zero-order valence-corrected chi connectivity index (χ0v) is 16.5. The van der Waals surface area contributed by atoms with Crippen molar-refractivity contribution in [3.05, 3.63) is 52.7 Å². The summed E-state index contributed by atoms with van der Waals surface area (Å²) in [6.45, 7) is 4.25. The van der Waals surface area contributed by atoms with Gasteiger partial charge in [0.2, 0.25) is 0 Å². The van der Waals surface area contributed by atoms with E-state index in [4.69, 9.17) is 23.8 Å². The van der Waals surface area contributed by atoms with Crippen molar-refractivity contribution in [1.29, 1.82) is 0 Å². The van der Waals surface area contributed by atoms with Crippen LogP contribution in [0.2, 0.25) is 5.02 Å². The number of aromatic nitrogens is 1. The molecular formula is C20H20ClN3OS. The van der Waals surface area contributed by atoms with Crippen molar-refractivity contribution in [2.75, 3.05) is 7.05 Å². The summed E-state index contributed by atoms with van der Waals surface area (Å²) in [4.78, 5) is 19.5. The number of fused-ring (bicyclic) bond motifs is 2. The van der Waals surface area contributed by atoms with Gasteiger partial charge in [-0.1, -0.05) is 37.6 Å². The Hall–Kier alpha value is -1.98. The molecule has 1 N–H and O–H groups in total. The highest BCUT2D eigenvalue weighted by Crippen LogP contribution is 2.51. The van der Waals surface area contributed by atoms with Crippen LogP contribution < -0.4 is 5.32 Å². The summed E-state index contributed by atoms with van der Waals surface area (Å²) in [6.07, 6.45) is 3.66. The Balaban J connectivity index is 1.95. The van der Waals surface area contributed by atoms with Crippen LogP contribution in [0.4, 0.5) is 0 Å². The molecule has 1 saturated heterocycles. The summed E-state index contributed by atoms with van der Waals surface area (Å²) in [5.41, 5.74) is 2.66. The van der Waals surface area contributed by atoms with Crippen LogP contribution in [-0.4, -0.2) is 28.0 Å². The first-order valence-corrected chi connectivity index (χ1v) is 9.40. The molecule has 1 aromatic heterocycles. The molecule has 0 radical (unpaired) electrons. The average molecular weight is 386 g/mol. The summed E-state index contributed by atoms with van der Waals surface area (Å²) < 4.78 is 0. The van der Waals surface area contributed by atoms with Crippen LogP contribution >= 0.6 is 23.8 Å². The lowest BCUT2D eigenvalue weighted by Crippen LogP contribution is -2.57. The average Bonchev–Trinajstić information content (AvgIpc) is 2.84. The number of likely N-dealkylation sites (N-methyl/N-ethyl adjacent to an activating group) is 1. The zero-order chi connectivity index (χ0) is 18.7. The molecule has 134 valence electrons. The van der Waals surface area contributed by atoms with Gasteiger partial charge in [-0.05, 0) is 54.4 Å². The van der Waals surface area contributed by atoms with Gasteiger partial charge >= 0.3 is 0 Å². The van der Waals surface area contributed by atoms with Gasteiger partial charge in [0.15, 0.2) is 10.7 Å². The minimum Gasteiger partial charge on any atom is -0.344 e. The van der Waals surface area contributed by atoms with Crippen molar-refractivity contribution in [3.8, 4) is 11.3 Å². The zero-order valence-electron chi connectivity index (χ0n) is 15.0. The van der Waals surface area contributed by atoms with E-state index in [9.17, 15) is 4.79 Å². The van der Waals surface area contributed by atoms with Gasteiger partial charge in [0.1, 0.15) is 0 Å². The lowest BCUT2D eigenvalue weighted by atomic mass is 9.60. The molecule has 1 aliphatic carbocycles. The van der Waals surface area contributed by atoms with Crippen LogP contribution in [-0.2, 0) is 16.8 Å². The third-order valence-electron chi connectivity index (χ3n) is 5.77. The van der Waals surface area contributed by atoms with Gasteiger partial charge in [0.05, 0.1) is 5.69 Å². The second-order valence-corrected chi connectivity index (χ2v) is 8.49. The largest absolute Gasteiger partial charge is 0.344 e. The number of benzene rings is 1. The third kappa shape index (κ3) is 2.30. The number of thiocarbonyl (C=S) groups is 1. The van der Waals surface area contributed by atoms with E-state index < -0.39 is 5.54 Å². The van der Waals surface area contributed by atoms with E-state index in [0.29, 0.717) is 10.1 Å². The predicted molar refractivity (Wildman–Crippen MR) is 107 cm³/mol. The van der Waals surface area contributed by atoms with E-state index in [1.54, 1.807) is 11.9 Å². The Kier molecular flexibility index (Phi) is 3.86. The molecule has 4 nitrogen and oxygen atoms in total. The SMILES string of the molecule is CN1C(=O)C2(NC1=S)c1cc(-c3cccc(Cl)c3)ncc1CCC2(C)C. The molecular weight excluding hydrogens is 366 g/mol. The van der Waals surface area contributed by atoms with E-state index in [-0.39, 0.29) is 11.3 Å². The number of carbonyl (C=O) groups excluding carboxylic acids is 1. The van der Waals surface area contributed by atoms with Gasteiger partial charge in [-0.3, -0.25) is 14.7 Å². The number of halogens is 1. The molecule has 1 fully saturated rings. The normalized spacial score (nSPS) is 23.9. The molecule has 26 heavy (non-hydrogen) atoms. The van der Waals surface area contributed by atoms with Crippen molar-refractivity contribution in [2.24, 2.45) is 5.41 Å². The molecule has 2 aromatic rings. The Labute approximate surface area is 163 Å². The Morgan fingerprint density at radius 3 is 2.73 bits per heavy atom. The fourth-order valence-corrected chi connectivity index (χ4v) is 4.55. The number of nitrogens with one attached hydrogen (secondary N) is 1. The summed E-state index contributed by atoms with van der Waals surface area (Å²) in [7, 11) is 1.73. The molecule has 2 heterocycles. The van der Waals surface area contributed by atoms with Crippen molar-refractivity contribution in [2.45, 2.75) is 32.2 Å². The summed E-state index contributed by atoms with van der Waals surface area (Å²) in [5.74, 6) is -0.00306. The Morgan fingerprint density at radius 2 is 2.08 bits per heavy atom. The molecule has 1 unspecified atom stereocenters. The molecule has 1 spiro atoms. The van der Waals surface area contributed by atoms with E-state index >= 15 is 0 Å². The van der Waals surface area contributed by atoms with Gasteiger partial charge in [-0.25, -0.2) is 0 Å². The van der Waals surface area contributed by atoms with Crippen molar-refractivity contribution in [1.82, 2.24) is 15.2 Å². The predicted octanol–water partition coefficient (Wildman–Crippen LogP) is 3.92. The van der Waals surface area contributed by atoms with Crippen LogP contribution in [0.5, 0.6) is 0 Å². The maximum atomic E-state index is 13.3. The molecule has 1 amide bonds. The maximum absolute atomic E-state index is 13.3. The van der Waals surface area contributed by atoms with E-state index in [1.165, 1.54) is 0 Å². The summed E-state index contributed by atoms with van der Waals surface area (Å²) >= 11 is 11.6. The number of pyridine rings is 1. The van der Waals surface area contributed by atoms with Gasteiger partial charge in [-0.15, -0.1) is 0 Å². The van der Waals surface area contributed by atoms with Crippen LogP contribution in [0.3, 0.4) is 0 Å². The number of carbonyl (C=O) groups is 1. The summed E-state index contributed by atoms with van der Waals surface area (Å²) in [5, 5.41) is 4.49. The highest BCUT2D eigenvalue weighted by Gasteiger charge is 2.60. The minimum atomic E-state index is -0.858. The minimum absolute atomic E-state index is 0.00306. The number of amides is 1. The van der Waals surface area contributed by atoms with Crippen LogP contribution in [0.15, 0.2) is 36.5 Å². The monoisotopic (exact) mass is 385 g/mol. The van der Waals surface area contributed by atoms with Gasteiger partial charge in [-0.2, -0.15) is 0 Å². The molecule has 1 aromatic carbocycles. The standard InChI is InChI=1S/C20H20ClN3OS/c1-19(2)8-7-13-11-22-16(12-5-4-6-14(21)9-12)10-15(13)20(19)17(25)24(3)18(26)23-20/h4-6,9-11H,7-8H2,1-3H3,(H,23,26). The molecule has 0 saturated carbocycles. The topological polar surface area (TPSA) is 45.2 Å². The smallest absolute Gasteiger partial charge is 0.259 e. The number of hydrogen-bond donors (Lipinski definition) is 1. The van der Waals surface area contributed by atoms with Gasteiger partial charge < -0.3 is 5.32 Å². The fraction of sp³-hybridized carbons (Fsp3) is 0.350. The number of nitrogens with zero attached hydrogens (tertiary/aromatic N) is 2. The molecule has 4 rings (SSSR count). The Morgan fingerprint density at radius 1 is 1.31 bits per heavy atom. The maximum Gasteiger partial charge on any atom is 0.259 e. The molecule has 1 atom stereocenters. The van der Waals surface area contributed by atoms with E-state index in [1.807, 2.05) is 36.5 Å². The lowest BCUT2D eigenvalue weighted by molar-refractivity contribution is -0.135. The quantitative estimate of drug-likeness (QED) is 0.756. The lowest BCUT2D eigenvalue weighted by Gasteiger charge is -2.46. The number of rotatable bonds is 1. The Bertz CT molecular complexity index is 942. The molecule has 1 aliphatic heterocycles. The third-order valence-corrected chi connectivity index (χ3v) is 6.38. The van der Waals surface area contributed by atoms with E-state index in [2.05, 4.69) is 24.1 Å². The van der Waals surface area contributed by atoms with Gasteiger partial charge in [0.25, 0.3) is 5.91 Å². The number of aryl methyl sites for hydroxylation is 1. The van der Waals surface area contributed by atoms with Crippen LogP contribution in [0.1, 0.15) is 31.4 Å². The highest BCUT2D eigenvalue weighted by molar-refractivity contribution is 7.80. The fourth-order valence-electron chi connectivity index (χ4n) is 4.12. The second kappa shape index (κ2) is 5.76. The molecule has 0 bridgehead atoms. The first kappa shape index (κ1) is 17.4. The van der Waals surface area contributed by atoms with Crippen molar-refractivity contribution < 1.29 is 4.79 Å². The highest BCUT2D eigenvalue weighted by atomic mass is 35.5.